The Morgan fingerprint density at radius 3 is 2.75 bits per heavy atom. The molecular weight excluding hydrogens is 264 g/mol. The lowest BCUT2D eigenvalue weighted by molar-refractivity contribution is 0.455. The van der Waals surface area contributed by atoms with E-state index in [0.717, 1.165) is 17.6 Å². The standard InChI is InChI=1S/C13H15BrN2/c14-11-2-1-10-7-12(16-13(10)8-11)9-3-5-15-6-4-9/h1-2,7-9,15-16H,3-6H2. The first-order valence-corrected chi connectivity index (χ1v) is 6.61. The first-order chi connectivity index (χ1) is 7.83. The van der Waals surface area contributed by atoms with Gasteiger partial charge >= 0.3 is 0 Å². The summed E-state index contributed by atoms with van der Waals surface area (Å²) in [4.78, 5) is 3.55. The molecule has 0 unspecified atom stereocenters. The van der Waals surface area contributed by atoms with Gasteiger partial charge in [-0.1, -0.05) is 22.0 Å². The van der Waals surface area contributed by atoms with E-state index in [1.807, 2.05) is 0 Å². The number of hydrogen-bond acceptors (Lipinski definition) is 1. The Morgan fingerprint density at radius 1 is 1.12 bits per heavy atom. The van der Waals surface area contributed by atoms with Gasteiger partial charge < -0.3 is 10.3 Å². The van der Waals surface area contributed by atoms with Crippen molar-refractivity contribution in [3.8, 4) is 0 Å². The zero-order valence-corrected chi connectivity index (χ0v) is 10.7. The maximum Gasteiger partial charge on any atom is 0.0467 e. The average Bonchev–Trinajstić information content (AvgIpc) is 2.73. The molecule has 0 aliphatic carbocycles. The number of hydrogen-bond donors (Lipinski definition) is 2. The molecule has 0 spiro atoms. The second-order valence-corrected chi connectivity index (χ2v) is 5.40. The van der Waals surface area contributed by atoms with Crippen molar-refractivity contribution >= 4 is 26.8 Å². The van der Waals surface area contributed by atoms with Crippen molar-refractivity contribution in [3.05, 3.63) is 34.4 Å². The first-order valence-electron chi connectivity index (χ1n) is 5.82. The summed E-state index contributed by atoms with van der Waals surface area (Å²) in [6.07, 6.45) is 2.49. The van der Waals surface area contributed by atoms with Gasteiger partial charge in [-0.3, -0.25) is 0 Å². The minimum atomic E-state index is 0.701. The van der Waals surface area contributed by atoms with Crippen LogP contribution in [0.1, 0.15) is 24.5 Å². The third-order valence-electron chi connectivity index (χ3n) is 3.38. The SMILES string of the molecule is Brc1ccc2cc(C3CCNCC3)[nH]c2c1. The van der Waals surface area contributed by atoms with Crippen LogP contribution in [0, 0.1) is 0 Å². The van der Waals surface area contributed by atoms with Crippen molar-refractivity contribution < 1.29 is 0 Å². The molecule has 2 aromatic rings. The molecule has 1 fully saturated rings. The molecule has 0 amide bonds. The van der Waals surface area contributed by atoms with E-state index in [1.165, 1.54) is 29.4 Å². The number of aromatic amines is 1. The van der Waals surface area contributed by atoms with Gasteiger partial charge in [0.15, 0.2) is 0 Å². The van der Waals surface area contributed by atoms with Crippen LogP contribution in [0.3, 0.4) is 0 Å². The molecule has 2 heterocycles. The van der Waals surface area contributed by atoms with E-state index >= 15 is 0 Å². The smallest absolute Gasteiger partial charge is 0.0467 e. The van der Waals surface area contributed by atoms with Crippen LogP contribution in [0.4, 0.5) is 0 Å². The quantitative estimate of drug-likeness (QED) is 0.822. The van der Waals surface area contributed by atoms with E-state index in [0.29, 0.717) is 5.92 Å². The fourth-order valence-corrected chi connectivity index (χ4v) is 2.84. The summed E-state index contributed by atoms with van der Waals surface area (Å²) in [5.74, 6) is 0.701. The zero-order valence-electron chi connectivity index (χ0n) is 9.09. The number of aromatic nitrogens is 1. The molecule has 16 heavy (non-hydrogen) atoms. The molecule has 3 rings (SSSR count). The first kappa shape index (κ1) is 10.4. The van der Waals surface area contributed by atoms with E-state index < -0.39 is 0 Å². The van der Waals surface area contributed by atoms with Crippen LogP contribution in [0.15, 0.2) is 28.7 Å². The zero-order chi connectivity index (χ0) is 11.0. The minimum Gasteiger partial charge on any atom is -0.358 e. The highest BCUT2D eigenvalue weighted by Gasteiger charge is 2.16. The van der Waals surface area contributed by atoms with Crippen LogP contribution in [-0.2, 0) is 0 Å². The third-order valence-corrected chi connectivity index (χ3v) is 3.88. The Kier molecular flexibility index (Phi) is 2.74. The monoisotopic (exact) mass is 278 g/mol. The molecule has 0 atom stereocenters. The largest absolute Gasteiger partial charge is 0.358 e. The lowest BCUT2D eigenvalue weighted by atomic mass is 9.95. The Morgan fingerprint density at radius 2 is 1.94 bits per heavy atom. The topological polar surface area (TPSA) is 27.8 Å². The van der Waals surface area contributed by atoms with Gasteiger partial charge in [0.05, 0.1) is 0 Å². The van der Waals surface area contributed by atoms with Crippen molar-refractivity contribution in [3.63, 3.8) is 0 Å². The van der Waals surface area contributed by atoms with Gasteiger partial charge in [-0.15, -0.1) is 0 Å². The molecule has 0 saturated carbocycles. The number of nitrogens with one attached hydrogen (secondary N) is 2. The van der Waals surface area contributed by atoms with Gasteiger partial charge in [0, 0.05) is 21.6 Å². The number of H-pyrrole nitrogens is 1. The lowest BCUT2D eigenvalue weighted by Gasteiger charge is -2.21. The minimum absolute atomic E-state index is 0.701. The molecular formula is C13H15BrN2. The number of benzene rings is 1. The Hall–Kier alpha value is -0.800. The molecule has 3 heteroatoms. The third kappa shape index (κ3) is 1.89. The van der Waals surface area contributed by atoms with Crippen LogP contribution >= 0.6 is 15.9 Å². The predicted octanol–water partition coefficient (Wildman–Crippen LogP) is 3.40. The number of piperidine rings is 1. The van der Waals surface area contributed by atoms with Gasteiger partial charge in [0.25, 0.3) is 0 Å². The second kappa shape index (κ2) is 4.22. The molecule has 1 aromatic carbocycles. The van der Waals surface area contributed by atoms with Crippen LogP contribution in [0.2, 0.25) is 0 Å². The Labute approximate surface area is 104 Å². The maximum atomic E-state index is 3.55. The number of rotatable bonds is 1. The highest BCUT2D eigenvalue weighted by molar-refractivity contribution is 9.10. The van der Waals surface area contributed by atoms with Gasteiger partial charge in [-0.2, -0.15) is 0 Å². The molecule has 1 aliphatic rings. The summed E-state index contributed by atoms with van der Waals surface area (Å²) in [6.45, 7) is 2.29. The van der Waals surface area contributed by atoms with E-state index in [2.05, 4.69) is 50.5 Å². The number of halogens is 1. The Bertz CT molecular complexity index is 498. The Balaban J connectivity index is 1.97. The lowest BCUT2D eigenvalue weighted by Crippen LogP contribution is -2.26. The molecule has 84 valence electrons. The van der Waals surface area contributed by atoms with Crippen LogP contribution < -0.4 is 5.32 Å². The molecule has 1 aliphatic heterocycles. The predicted molar refractivity (Wildman–Crippen MR) is 70.8 cm³/mol. The van der Waals surface area contributed by atoms with E-state index in [9.17, 15) is 0 Å². The fourth-order valence-electron chi connectivity index (χ4n) is 2.47. The second-order valence-electron chi connectivity index (χ2n) is 4.48. The van der Waals surface area contributed by atoms with E-state index in [1.54, 1.807) is 0 Å². The molecule has 1 saturated heterocycles. The van der Waals surface area contributed by atoms with Crippen LogP contribution in [0.5, 0.6) is 0 Å². The molecule has 0 radical (unpaired) electrons. The van der Waals surface area contributed by atoms with Gasteiger partial charge in [0.2, 0.25) is 0 Å². The number of fused-ring (bicyclic) bond motifs is 1. The summed E-state index contributed by atoms with van der Waals surface area (Å²) in [5, 5.41) is 4.72. The van der Waals surface area contributed by atoms with E-state index in [-0.39, 0.29) is 0 Å². The summed E-state index contributed by atoms with van der Waals surface area (Å²) < 4.78 is 1.14. The highest BCUT2D eigenvalue weighted by Crippen LogP contribution is 2.28. The summed E-state index contributed by atoms with van der Waals surface area (Å²) in [7, 11) is 0. The maximum absolute atomic E-state index is 3.55. The molecule has 2 nitrogen and oxygen atoms in total. The van der Waals surface area contributed by atoms with Crippen molar-refractivity contribution in [2.75, 3.05) is 13.1 Å². The molecule has 1 aromatic heterocycles. The van der Waals surface area contributed by atoms with Gasteiger partial charge in [0.1, 0.15) is 0 Å². The van der Waals surface area contributed by atoms with Gasteiger partial charge in [-0.05, 0) is 49.5 Å². The summed E-state index contributed by atoms with van der Waals surface area (Å²) in [5.41, 5.74) is 2.64. The summed E-state index contributed by atoms with van der Waals surface area (Å²) >= 11 is 3.51. The summed E-state index contributed by atoms with van der Waals surface area (Å²) in [6, 6.07) is 8.72. The highest BCUT2D eigenvalue weighted by atomic mass is 79.9. The van der Waals surface area contributed by atoms with Gasteiger partial charge in [-0.25, -0.2) is 0 Å². The molecule has 2 N–H and O–H groups in total. The molecule has 0 bridgehead atoms. The van der Waals surface area contributed by atoms with Crippen LogP contribution in [0.25, 0.3) is 10.9 Å². The normalized spacial score (nSPS) is 18.1. The van der Waals surface area contributed by atoms with E-state index in [4.69, 9.17) is 0 Å². The van der Waals surface area contributed by atoms with Crippen molar-refractivity contribution in [1.82, 2.24) is 10.3 Å². The van der Waals surface area contributed by atoms with Crippen molar-refractivity contribution in [1.29, 1.82) is 0 Å². The van der Waals surface area contributed by atoms with Crippen molar-refractivity contribution in [2.24, 2.45) is 0 Å². The fraction of sp³-hybridized carbons (Fsp3) is 0.385. The van der Waals surface area contributed by atoms with Crippen LogP contribution in [-0.4, -0.2) is 18.1 Å². The average molecular weight is 279 g/mol. The van der Waals surface area contributed by atoms with Crippen molar-refractivity contribution in [2.45, 2.75) is 18.8 Å².